The quantitative estimate of drug-likeness (QED) is 0.617. The summed E-state index contributed by atoms with van der Waals surface area (Å²) in [6.07, 6.45) is 1.96. The molecule has 0 fully saturated rings. The van der Waals surface area contributed by atoms with Crippen LogP contribution in [0.3, 0.4) is 0 Å². The first-order valence-corrected chi connectivity index (χ1v) is 6.37. The molecule has 0 aromatic carbocycles. The van der Waals surface area contributed by atoms with E-state index < -0.39 is 0 Å². The summed E-state index contributed by atoms with van der Waals surface area (Å²) in [4.78, 5) is 12.9. The predicted octanol–water partition coefficient (Wildman–Crippen LogP) is 2.69. The fourth-order valence-corrected chi connectivity index (χ4v) is 3.17. The number of thioether (sulfide) groups is 1. The zero-order chi connectivity index (χ0) is 10.7. The van der Waals surface area contributed by atoms with Gasteiger partial charge in [0.05, 0.1) is 15.5 Å². The average molecular weight is 230 g/mol. The van der Waals surface area contributed by atoms with Gasteiger partial charge in [0.2, 0.25) is 0 Å². The first kappa shape index (κ1) is 11.4. The lowest BCUT2D eigenvalue weighted by molar-refractivity contribution is 0.102. The minimum Gasteiger partial charge on any atom is -0.396 e. The van der Waals surface area contributed by atoms with Gasteiger partial charge in [0.1, 0.15) is 5.00 Å². The van der Waals surface area contributed by atoms with Crippen molar-refractivity contribution < 1.29 is 4.79 Å². The first-order valence-electron chi connectivity index (χ1n) is 4.32. The van der Waals surface area contributed by atoms with E-state index in [2.05, 4.69) is 5.32 Å². The highest BCUT2D eigenvalue weighted by molar-refractivity contribution is 7.99. The number of thiophene rings is 1. The normalized spacial score (nSPS) is 10.2. The number of anilines is 2. The van der Waals surface area contributed by atoms with E-state index in [1.807, 2.05) is 13.2 Å². The van der Waals surface area contributed by atoms with Crippen molar-refractivity contribution in [2.45, 2.75) is 18.7 Å². The Morgan fingerprint density at radius 1 is 1.64 bits per heavy atom. The molecule has 0 atom stereocenters. The molecule has 1 heterocycles. The number of hydrogen-bond acceptors (Lipinski definition) is 5. The van der Waals surface area contributed by atoms with Crippen molar-refractivity contribution in [3.05, 3.63) is 4.88 Å². The third-order valence-electron chi connectivity index (χ3n) is 1.76. The van der Waals surface area contributed by atoms with Gasteiger partial charge in [-0.3, -0.25) is 4.79 Å². The van der Waals surface area contributed by atoms with Crippen molar-refractivity contribution in [3.63, 3.8) is 0 Å². The fourth-order valence-electron chi connectivity index (χ4n) is 1.17. The van der Waals surface area contributed by atoms with Gasteiger partial charge in [-0.1, -0.05) is 0 Å². The Balaban J connectivity index is 3.17. The summed E-state index contributed by atoms with van der Waals surface area (Å²) in [6, 6.07) is 0. The van der Waals surface area contributed by atoms with Crippen molar-refractivity contribution in [2.75, 3.05) is 23.9 Å². The molecule has 1 aromatic heterocycles. The third-order valence-corrected chi connectivity index (χ3v) is 3.99. The van der Waals surface area contributed by atoms with Crippen LogP contribution >= 0.6 is 23.1 Å². The van der Waals surface area contributed by atoms with Crippen molar-refractivity contribution in [1.29, 1.82) is 0 Å². The van der Waals surface area contributed by atoms with E-state index in [0.29, 0.717) is 10.6 Å². The molecule has 0 unspecified atom stereocenters. The van der Waals surface area contributed by atoms with Crippen LogP contribution in [0.4, 0.5) is 10.7 Å². The number of nitrogens with two attached hydrogens (primary N) is 1. The molecule has 5 heteroatoms. The Hall–Kier alpha value is -0.680. The Labute approximate surface area is 92.1 Å². The lowest BCUT2D eigenvalue weighted by Crippen LogP contribution is -1.96. The highest BCUT2D eigenvalue weighted by Crippen LogP contribution is 2.41. The van der Waals surface area contributed by atoms with Gasteiger partial charge in [0.15, 0.2) is 5.78 Å². The first-order chi connectivity index (χ1) is 6.61. The molecule has 0 bridgehead atoms. The summed E-state index contributed by atoms with van der Waals surface area (Å²) < 4.78 is 0. The maximum absolute atomic E-state index is 11.2. The topological polar surface area (TPSA) is 55.1 Å². The molecule has 1 rings (SSSR count). The van der Waals surface area contributed by atoms with E-state index in [9.17, 15) is 4.79 Å². The lowest BCUT2D eigenvalue weighted by atomic mass is 10.3. The van der Waals surface area contributed by atoms with Crippen LogP contribution in [-0.2, 0) is 0 Å². The number of nitrogen functional groups attached to an aromatic ring is 1. The van der Waals surface area contributed by atoms with Gasteiger partial charge in [-0.25, -0.2) is 0 Å². The maximum atomic E-state index is 11.2. The van der Waals surface area contributed by atoms with Crippen molar-refractivity contribution >= 4 is 39.6 Å². The molecule has 14 heavy (non-hydrogen) atoms. The summed E-state index contributed by atoms with van der Waals surface area (Å²) in [5, 5.41) is 4.21. The Morgan fingerprint density at radius 3 is 2.71 bits per heavy atom. The Bertz CT molecular complexity index is 347. The van der Waals surface area contributed by atoms with Gasteiger partial charge < -0.3 is 11.1 Å². The largest absolute Gasteiger partial charge is 0.396 e. The molecule has 1 aromatic rings. The van der Waals surface area contributed by atoms with Crippen molar-refractivity contribution in [1.82, 2.24) is 0 Å². The number of nitrogens with one attached hydrogen (secondary N) is 1. The monoisotopic (exact) mass is 230 g/mol. The SMILES string of the molecule is CCNc1sc(C(C)=O)c(N)c1SC. The molecular formula is C9H14N2OS2. The molecule has 0 saturated carbocycles. The molecular weight excluding hydrogens is 216 g/mol. The zero-order valence-electron chi connectivity index (χ0n) is 8.51. The Kier molecular flexibility index (Phi) is 3.83. The van der Waals surface area contributed by atoms with E-state index in [4.69, 9.17) is 5.73 Å². The molecule has 0 amide bonds. The fraction of sp³-hybridized carbons (Fsp3) is 0.444. The lowest BCUT2D eigenvalue weighted by Gasteiger charge is -2.01. The van der Waals surface area contributed by atoms with Crippen LogP contribution in [-0.4, -0.2) is 18.6 Å². The smallest absolute Gasteiger partial charge is 0.171 e. The van der Waals surface area contributed by atoms with E-state index in [1.54, 1.807) is 18.7 Å². The zero-order valence-corrected chi connectivity index (χ0v) is 10.1. The second-order valence-electron chi connectivity index (χ2n) is 2.79. The van der Waals surface area contributed by atoms with Gasteiger partial charge in [0.25, 0.3) is 0 Å². The predicted molar refractivity (Wildman–Crippen MR) is 64.7 cm³/mol. The van der Waals surface area contributed by atoms with Gasteiger partial charge in [-0.15, -0.1) is 23.1 Å². The minimum absolute atomic E-state index is 0.0342. The number of Topliss-reactive ketones (excluding diaryl/α,β-unsaturated/α-hetero) is 1. The summed E-state index contributed by atoms with van der Waals surface area (Å²) in [5.74, 6) is 0.0342. The van der Waals surface area contributed by atoms with Crippen LogP contribution in [0.1, 0.15) is 23.5 Å². The number of hydrogen-bond donors (Lipinski definition) is 2. The Morgan fingerprint density at radius 2 is 2.29 bits per heavy atom. The third kappa shape index (κ3) is 2.04. The van der Waals surface area contributed by atoms with Gasteiger partial charge in [0, 0.05) is 13.5 Å². The van der Waals surface area contributed by atoms with Crippen molar-refractivity contribution in [3.8, 4) is 0 Å². The highest BCUT2D eigenvalue weighted by Gasteiger charge is 2.17. The molecule has 0 spiro atoms. The van der Waals surface area contributed by atoms with E-state index in [1.165, 1.54) is 11.3 Å². The molecule has 0 aliphatic carbocycles. The molecule has 3 nitrogen and oxygen atoms in total. The molecule has 0 aliphatic heterocycles. The van der Waals surface area contributed by atoms with E-state index >= 15 is 0 Å². The highest BCUT2D eigenvalue weighted by atomic mass is 32.2. The van der Waals surface area contributed by atoms with Crippen LogP contribution in [0, 0.1) is 0 Å². The number of ketones is 1. The number of carbonyl (C=O) groups excluding carboxylic acids is 1. The van der Waals surface area contributed by atoms with Gasteiger partial charge >= 0.3 is 0 Å². The molecule has 0 aliphatic rings. The van der Waals surface area contributed by atoms with Gasteiger partial charge in [-0.05, 0) is 13.2 Å². The maximum Gasteiger partial charge on any atom is 0.171 e. The summed E-state index contributed by atoms with van der Waals surface area (Å²) in [7, 11) is 0. The number of carbonyl (C=O) groups is 1. The minimum atomic E-state index is 0.0342. The van der Waals surface area contributed by atoms with Crippen LogP contribution in [0.25, 0.3) is 0 Å². The average Bonchev–Trinajstić information content (AvgIpc) is 2.43. The molecule has 0 saturated heterocycles. The van der Waals surface area contributed by atoms with Crippen LogP contribution < -0.4 is 11.1 Å². The van der Waals surface area contributed by atoms with Gasteiger partial charge in [-0.2, -0.15) is 0 Å². The van der Waals surface area contributed by atoms with Crippen LogP contribution in [0.2, 0.25) is 0 Å². The van der Waals surface area contributed by atoms with Crippen molar-refractivity contribution in [2.24, 2.45) is 0 Å². The van der Waals surface area contributed by atoms with E-state index in [-0.39, 0.29) is 5.78 Å². The molecule has 3 N–H and O–H groups in total. The molecule has 78 valence electrons. The second kappa shape index (κ2) is 4.70. The summed E-state index contributed by atoms with van der Waals surface area (Å²) >= 11 is 3.01. The van der Waals surface area contributed by atoms with E-state index in [0.717, 1.165) is 16.4 Å². The van der Waals surface area contributed by atoms with Crippen LogP contribution in [0.5, 0.6) is 0 Å². The summed E-state index contributed by atoms with van der Waals surface area (Å²) in [6.45, 7) is 4.40. The molecule has 0 radical (unpaired) electrons. The standard InChI is InChI=1S/C9H14N2OS2/c1-4-11-9-8(13-3)6(10)7(14-9)5(2)12/h11H,4,10H2,1-3H3. The summed E-state index contributed by atoms with van der Waals surface area (Å²) in [5.41, 5.74) is 6.49. The number of rotatable bonds is 4. The second-order valence-corrected chi connectivity index (χ2v) is 4.63. The van der Waals surface area contributed by atoms with Crippen LogP contribution in [0.15, 0.2) is 4.90 Å².